The quantitative estimate of drug-likeness (QED) is 0.828. The zero-order valence-electron chi connectivity index (χ0n) is 12.0. The third-order valence-electron chi connectivity index (χ3n) is 4.81. The zero-order valence-corrected chi connectivity index (χ0v) is 12.0. The molecule has 1 spiro atoms. The Kier molecular flexibility index (Phi) is 3.54. The fourth-order valence-electron chi connectivity index (χ4n) is 3.58. The van der Waals surface area contributed by atoms with Crippen molar-refractivity contribution < 1.29 is 9.47 Å². The first-order valence-corrected chi connectivity index (χ1v) is 7.51. The van der Waals surface area contributed by atoms with Gasteiger partial charge in [0, 0.05) is 12.8 Å². The van der Waals surface area contributed by atoms with E-state index in [4.69, 9.17) is 9.47 Å². The van der Waals surface area contributed by atoms with Gasteiger partial charge in [-0.25, -0.2) is 0 Å². The SMILES string of the molecule is CCc1ccccc1C1(C#N)CCC2(CC1)OCCO2. The molecule has 3 nitrogen and oxygen atoms in total. The molecule has 0 atom stereocenters. The molecule has 0 aromatic heterocycles. The van der Waals surface area contributed by atoms with Crippen LogP contribution in [0.5, 0.6) is 0 Å². The largest absolute Gasteiger partial charge is 0.348 e. The van der Waals surface area contributed by atoms with E-state index in [0.29, 0.717) is 13.2 Å². The Hall–Kier alpha value is -1.37. The highest BCUT2D eigenvalue weighted by atomic mass is 16.7. The number of aryl methyl sites for hydroxylation is 1. The van der Waals surface area contributed by atoms with E-state index >= 15 is 0 Å². The van der Waals surface area contributed by atoms with Crippen molar-refractivity contribution in [3.8, 4) is 6.07 Å². The maximum Gasteiger partial charge on any atom is 0.168 e. The molecule has 1 saturated carbocycles. The summed E-state index contributed by atoms with van der Waals surface area (Å²) in [5.74, 6) is -0.401. The summed E-state index contributed by atoms with van der Waals surface area (Å²) >= 11 is 0. The minimum Gasteiger partial charge on any atom is -0.348 e. The fourth-order valence-corrected chi connectivity index (χ4v) is 3.58. The van der Waals surface area contributed by atoms with Crippen LogP contribution in [-0.2, 0) is 21.3 Å². The molecule has 3 heteroatoms. The van der Waals surface area contributed by atoms with Crippen LogP contribution in [-0.4, -0.2) is 19.0 Å². The molecule has 2 fully saturated rings. The summed E-state index contributed by atoms with van der Waals surface area (Å²) in [5.41, 5.74) is 2.13. The Morgan fingerprint density at radius 2 is 1.75 bits per heavy atom. The van der Waals surface area contributed by atoms with E-state index in [1.807, 2.05) is 6.07 Å². The number of rotatable bonds is 2. The van der Waals surface area contributed by atoms with Crippen molar-refractivity contribution in [3.05, 3.63) is 35.4 Å². The van der Waals surface area contributed by atoms with E-state index in [1.165, 1.54) is 11.1 Å². The minimum atomic E-state index is -0.401. The fraction of sp³-hybridized carbons (Fsp3) is 0.588. The molecule has 20 heavy (non-hydrogen) atoms. The molecule has 1 heterocycles. The number of nitriles is 1. The summed E-state index contributed by atoms with van der Waals surface area (Å²) in [7, 11) is 0. The van der Waals surface area contributed by atoms with Gasteiger partial charge in [-0.15, -0.1) is 0 Å². The lowest BCUT2D eigenvalue weighted by atomic mass is 9.67. The summed E-state index contributed by atoms with van der Waals surface area (Å²) in [5, 5.41) is 9.81. The molecular formula is C17H21NO2. The summed E-state index contributed by atoms with van der Waals surface area (Å²) in [6, 6.07) is 11.0. The van der Waals surface area contributed by atoms with Gasteiger partial charge in [0.15, 0.2) is 5.79 Å². The summed E-state index contributed by atoms with van der Waals surface area (Å²) in [6.45, 7) is 3.52. The maximum atomic E-state index is 9.81. The number of nitrogens with zero attached hydrogens (tertiary/aromatic N) is 1. The van der Waals surface area contributed by atoms with Crippen molar-refractivity contribution in [2.45, 2.75) is 50.2 Å². The van der Waals surface area contributed by atoms with Gasteiger partial charge in [-0.3, -0.25) is 0 Å². The lowest BCUT2D eigenvalue weighted by molar-refractivity contribution is -0.182. The van der Waals surface area contributed by atoms with Crippen LogP contribution in [0, 0.1) is 11.3 Å². The van der Waals surface area contributed by atoms with Crippen LogP contribution in [0.4, 0.5) is 0 Å². The molecule has 3 rings (SSSR count). The van der Waals surface area contributed by atoms with Gasteiger partial charge < -0.3 is 9.47 Å². The van der Waals surface area contributed by atoms with Crippen molar-refractivity contribution in [1.82, 2.24) is 0 Å². The first-order chi connectivity index (χ1) is 9.74. The molecule has 0 unspecified atom stereocenters. The number of ether oxygens (including phenoxy) is 2. The van der Waals surface area contributed by atoms with Crippen LogP contribution in [0.1, 0.15) is 43.7 Å². The van der Waals surface area contributed by atoms with Gasteiger partial charge in [0.2, 0.25) is 0 Å². The number of hydrogen-bond acceptors (Lipinski definition) is 3. The van der Waals surface area contributed by atoms with Crippen molar-refractivity contribution in [2.75, 3.05) is 13.2 Å². The molecule has 0 radical (unpaired) electrons. The van der Waals surface area contributed by atoms with E-state index in [9.17, 15) is 5.26 Å². The van der Waals surface area contributed by atoms with Crippen molar-refractivity contribution in [1.29, 1.82) is 5.26 Å². The average molecular weight is 271 g/mol. The predicted molar refractivity (Wildman–Crippen MR) is 76.2 cm³/mol. The summed E-state index contributed by atoms with van der Waals surface area (Å²) in [6.07, 6.45) is 4.25. The average Bonchev–Trinajstić information content (AvgIpc) is 2.97. The van der Waals surface area contributed by atoms with Gasteiger partial charge in [0.25, 0.3) is 0 Å². The smallest absolute Gasteiger partial charge is 0.168 e. The molecule has 1 aromatic carbocycles. The van der Waals surface area contributed by atoms with Crippen molar-refractivity contribution in [3.63, 3.8) is 0 Å². The van der Waals surface area contributed by atoms with Crippen LogP contribution in [0.2, 0.25) is 0 Å². The van der Waals surface area contributed by atoms with E-state index in [1.54, 1.807) is 0 Å². The molecule has 0 N–H and O–H groups in total. The first kappa shape index (κ1) is 13.6. The van der Waals surface area contributed by atoms with E-state index in [-0.39, 0.29) is 5.41 Å². The van der Waals surface area contributed by atoms with Crippen LogP contribution >= 0.6 is 0 Å². The molecule has 1 aromatic rings. The molecule has 106 valence electrons. The van der Waals surface area contributed by atoms with Gasteiger partial charge in [-0.2, -0.15) is 5.26 Å². The standard InChI is InChI=1S/C17H21NO2/c1-2-14-5-3-4-6-15(14)16(13-18)7-9-17(10-8-16)19-11-12-20-17/h3-6H,2,7-12H2,1H3. The Morgan fingerprint density at radius 1 is 1.10 bits per heavy atom. The second-order valence-corrected chi connectivity index (χ2v) is 5.81. The molecular weight excluding hydrogens is 250 g/mol. The lowest BCUT2D eigenvalue weighted by Gasteiger charge is -2.40. The van der Waals surface area contributed by atoms with Crippen LogP contribution in [0.25, 0.3) is 0 Å². The summed E-state index contributed by atoms with van der Waals surface area (Å²) in [4.78, 5) is 0. The van der Waals surface area contributed by atoms with E-state index in [2.05, 4.69) is 31.2 Å². The normalized spacial score (nSPS) is 23.6. The van der Waals surface area contributed by atoms with E-state index < -0.39 is 5.79 Å². The molecule has 0 bridgehead atoms. The molecule has 1 saturated heterocycles. The monoisotopic (exact) mass is 271 g/mol. The van der Waals surface area contributed by atoms with Crippen molar-refractivity contribution >= 4 is 0 Å². The Labute approximate surface area is 120 Å². The van der Waals surface area contributed by atoms with Crippen molar-refractivity contribution in [2.24, 2.45) is 0 Å². The van der Waals surface area contributed by atoms with Gasteiger partial charge in [-0.05, 0) is 30.4 Å². The Balaban J connectivity index is 1.89. The predicted octanol–water partition coefficient (Wildman–Crippen LogP) is 3.33. The van der Waals surface area contributed by atoms with Crippen LogP contribution in [0.3, 0.4) is 0 Å². The highest BCUT2D eigenvalue weighted by molar-refractivity contribution is 5.40. The second-order valence-electron chi connectivity index (χ2n) is 5.81. The van der Waals surface area contributed by atoms with E-state index in [0.717, 1.165) is 32.1 Å². The second kappa shape index (κ2) is 5.20. The van der Waals surface area contributed by atoms with Gasteiger partial charge in [-0.1, -0.05) is 31.2 Å². The highest BCUT2D eigenvalue weighted by Crippen LogP contribution is 2.46. The third-order valence-corrected chi connectivity index (χ3v) is 4.81. The number of hydrogen-bond donors (Lipinski definition) is 0. The van der Waals surface area contributed by atoms with Crippen LogP contribution in [0.15, 0.2) is 24.3 Å². The van der Waals surface area contributed by atoms with Gasteiger partial charge >= 0.3 is 0 Å². The molecule has 1 aliphatic carbocycles. The van der Waals surface area contributed by atoms with Crippen LogP contribution < -0.4 is 0 Å². The number of benzene rings is 1. The van der Waals surface area contributed by atoms with Gasteiger partial charge in [0.1, 0.15) is 0 Å². The maximum absolute atomic E-state index is 9.81. The highest BCUT2D eigenvalue weighted by Gasteiger charge is 2.47. The minimum absolute atomic E-state index is 0.368. The lowest BCUT2D eigenvalue weighted by Crippen LogP contribution is -2.41. The first-order valence-electron chi connectivity index (χ1n) is 7.51. The topological polar surface area (TPSA) is 42.2 Å². The summed E-state index contributed by atoms with van der Waals surface area (Å²) < 4.78 is 11.6. The molecule has 0 amide bonds. The zero-order chi connectivity index (χ0) is 14.1. The Morgan fingerprint density at radius 3 is 2.35 bits per heavy atom. The van der Waals surface area contributed by atoms with Gasteiger partial charge in [0.05, 0.1) is 24.7 Å². The molecule has 1 aliphatic heterocycles. The molecule has 2 aliphatic rings. The third kappa shape index (κ3) is 2.13. The Bertz CT molecular complexity index is 516.